The molecule has 332 valence electrons. The maximum atomic E-state index is 12.7. The third-order valence-electron chi connectivity index (χ3n) is 10.1. The smallest absolute Gasteiger partial charge is 0.306 e. The lowest BCUT2D eigenvalue weighted by molar-refractivity contribution is -0.167. The Morgan fingerprint density at radius 3 is 1.14 bits per heavy atom. The molecule has 0 rings (SSSR count). The summed E-state index contributed by atoms with van der Waals surface area (Å²) in [6, 6.07) is 0. The summed E-state index contributed by atoms with van der Waals surface area (Å²) in [4.78, 5) is 37.8. The first-order valence-corrected chi connectivity index (χ1v) is 24.0. The molecule has 0 aromatic heterocycles. The molecule has 0 amide bonds. The maximum absolute atomic E-state index is 12.7. The Balaban J connectivity index is 4.44. The molecule has 0 aromatic rings. The van der Waals surface area contributed by atoms with Crippen LogP contribution < -0.4 is 0 Å². The van der Waals surface area contributed by atoms with Crippen molar-refractivity contribution >= 4 is 17.9 Å². The predicted octanol–water partition coefficient (Wildman–Crippen LogP) is 15.5. The van der Waals surface area contributed by atoms with Crippen molar-refractivity contribution in [1.82, 2.24) is 0 Å². The molecule has 0 aliphatic carbocycles. The highest BCUT2D eigenvalue weighted by Crippen LogP contribution is 2.14. The van der Waals surface area contributed by atoms with Gasteiger partial charge in [0.25, 0.3) is 0 Å². The Bertz CT molecular complexity index is 1110. The summed E-state index contributed by atoms with van der Waals surface area (Å²) in [5, 5.41) is 0. The summed E-state index contributed by atoms with van der Waals surface area (Å²) in [6.45, 7) is 6.40. The second-order valence-corrected chi connectivity index (χ2v) is 15.8. The molecule has 0 N–H and O–H groups in total. The maximum Gasteiger partial charge on any atom is 0.306 e. The van der Waals surface area contributed by atoms with Crippen LogP contribution in [0, 0.1) is 0 Å². The molecule has 0 heterocycles. The van der Waals surface area contributed by atoms with E-state index >= 15 is 0 Å². The van der Waals surface area contributed by atoms with Gasteiger partial charge in [0.1, 0.15) is 13.2 Å². The standard InChI is InChI=1S/C52H88O6/c1-4-7-10-13-16-19-22-24-25-26-27-29-30-33-36-39-42-45-51(54)57-48-49(47-56-50(53)44-41-38-35-32-21-18-15-12-9-6-3)58-52(55)46-43-40-37-34-31-28-23-20-17-14-11-8-5-2/h8,11,14,17,20,23-25,28,31,34,37,49H,4-7,9-10,12-13,15-16,18-19,21-22,26-27,29-30,32-33,35-36,38-48H2,1-3H3/b11-8-,17-14-,23-20-,25-24-,31-28-,37-34-. The van der Waals surface area contributed by atoms with Gasteiger partial charge in [0.05, 0.1) is 0 Å². The Kier molecular flexibility index (Phi) is 44.0. The van der Waals surface area contributed by atoms with E-state index in [0.717, 1.165) is 51.4 Å². The molecule has 0 saturated carbocycles. The van der Waals surface area contributed by atoms with Crippen LogP contribution in [0.15, 0.2) is 72.9 Å². The number of rotatable bonds is 42. The molecule has 58 heavy (non-hydrogen) atoms. The van der Waals surface area contributed by atoms with E-state index in [9.17, 15) is 14.4 Å². The first kappa shape index (κ1) is 54.9. The van der Waals surface area contributed by atoms with Crippen LogP contribution in [0.2, 0.25) is 0 Å². The largest absolute Gasteiger partial charge is 0.462 e. The highest BCUT2D eigenvalue weighted by molar-refractivity contribution is 5.71. The van der Waals surface area contributed by atoms with Gasteiger partial charge in [0, 0.05) is 19.3 Å². The lowest BCUT2D eigenvalue weighted by atomic mass is 10.1. The van der Waals surface area contributed by atoms with Crippen molar-refractivity contribution in [1.29, 1.82) is 0 Å². The average Bonchev–Trinajstić information content (AvgIpc) is 3.22. The van der Waals surface area contributed by atoms with Gasteiger partial charge >= 0.3 is 17.9 Å². The van der Waals surface area contributed by atoms with Crippen molar-refractivity contribution in [3.63, 3.8) is 0 Å². The minimum atomic E-state index is -0.810. The van der Waals surface area contributed by atoms with Gasteiger partial charge in [0.15, 0.2) is 6.10 Å². The molecule has 0 spiro atoms. The van der Waals surface area contributed by atoms with E-state index in [4.69, 9.17) is 14.2 Å². The highest BCUT2D eigenvalue weighted by Gasteiger charge is 2.19. The Morgan fingerprint density at radius 1 is 0.362 bits per heavy atom. The minimum Gasteiger partial charge on any atom is -0.462 e. The number of allylic oxidation sites excluding steroid dienone is 12. The van der Waals surface area contributed by atoms with Gasteiger partial charge in [-0.1, -0.05) is 216 Å². The number of hydrogen-bond donors (Lipinski definition) is 0. The molecule has 0 aromatic carbocycles. The molecule has 0 aliphatic heterocycles. The number of esters is 3. The number of carbonyl (C=O) groups is 3. The van der Waals surface area contributed by atoms with E-state index in [1.54, 1.807) is 0 Å². The molecule has 0 saturated heterocycles. The van der Waals surface area contributed by atoms with Crippen LogP contribution in [0.25, 0.3) is 0 Å². The molecule has 0 fully saturated rings. The Labute approximate surface area is 357 Å². The fraction of sp³-hybridized carbons (Fsp3) is 0.712. The van der Waals surface area contributed by atoms with Crippen LogP contribution in [-0.4, -0.2) is 37.2 Å². The zero-order valence-electron chi connectivity index (χ0n) is 37.8. The third-order valence-corrected chi connectivity index (χ3v) is 10.1. The topological polar surface area (TPSA) is 78.9 Å². The summed E-state index contributed by atoms with van der Waals surface area (Å²) in [5.41, 5.74) is 0. The predicted molar refractivity (Wildman–Crippen MR) is 247 cm³/mol. The summed E-state index contributed by atoms with van der Waals surface area (Å²) < 4.78 is 16.7. The van der Waals surface area contributed by atoms with Crippen LogP contribution in [-0.2, 0) is 28.6 Å². The minimum absolute atomic E-state index is 0.104. The van der Waals surface area contributed by atoms with Gasteiger partial charge < -0.3 is 14.2 Å². The van der Waals surface area contributed by atoms with Crippen LogP contribution in [0.1, 0.15) is 220 Å². The van der Waals surface area contributed by atoms with Crippen molar-refractivity contribution in [2.45, 2.75) is 226 Å². The van der Waals surface area contributed by atoms with Crippen LogP contribution in [0.4, 0.5) is 0 Å². The first-order valence-electron chi connectivity index (χ1n) is 24.0. The van der Waals surface area contributed by atoms with Crippen LogP contribution in [0.5, 0.6) is 0 Å². The third kappa shape index (κ3) is 44.0. The Morgan fingerprint density at radius 2 is 0.707 bits per heavy atom. The molecule has 6 heteroatoms. The second-order valence-electron chi connectivity index (χ2n) is 15.8. The van der Waals surface area contributed by atoms with Crippen molar-refractivity contribution in [2.24, 2.45) is 0 Å². The van der Waals surface area contributed by atoms with Crippen molar-refractivity contribution in [3.8, 4) is 0 Å². The summed E-state index contributed by atoms with van der Waals surface area (Å²) in [6.07, 6.45) is 57.5. The number of carbonyl (C=O) groups excluding carboxylic acids is 3. The molecule has 0 aliphatic rings. The van der Waals surface area contributed by atoms with Gasteiger partial charge in [-0.2, -0.15) is 0 Å². The molecule has 1 atom stereocenters. The normalized spacial score (nSPS) is 12.7. The van der Waals surface area contributed by atoms with Crippen molar-refractivity contribution in [2.75, 3.05) is 13.2 Å². The van der Waals surface area contributed by atoms with E-state index in [1.165, 1.54) is 122 Å². The first-order chi connectivity index (χ1) is 28.5. The molecular formula is C52H88O6. The fourth-order valence-corrected chi connectivity index (χ4v) is 6.47. The lowest BCUT2D eigenvalue weighted by Gasteiger charge is -2.18. The van der Waals surface area contributed by atoms with E-state index in [1.807, 2.05) is 54.7 Å². The lowest BCUT2D eigenvalue weighted by Crippen LogP contribution is -2.30. The quantitative estimate of drug-likeness (QED) is 0.0201. The zero-order chi connectivity index (χ0) is 42.3. The van der Waals surface area contributed by atoms with E-state index in [2.05, 4.69) is 39.0 Å². The van der Waals surface area contributed by atoms with Gasteiger partial charge in [-0.3, -0.25) is 14.4 Å². The van der Waals surface area contributed by atoms with Crippen LogP contribution >= 0.6 is 0 Å². The van der Waals surface area contributed by atoms with Gasteiger partial charge in [0.2, 0.25) is 0 Å². The SMILES string of the molecule is CC\C=C/C=C\C=C/C=C\C=C/CCCC(=O)OC(COC(=O)CCCCCCCCC/C=C\CCCCCCCC)COC(=O)CCCCCCCCCCCC. The molecule has 6 nitrogen and oxygen atoms in total. The van der Waals surface area contributed by atoms with Crippen molar-refractivity contribution < 1.29 is 28.6 Å². The van der Waals surface area contributed by atoms with E-state index in [0.29, 0.717) is 19.3 Å². The average molecular weight is 809 g/mol. The molecule has 0 radical (unpaired) electrons. The molecule has 0 bridgehead atoms. The highest BCUT2D eigenvalue weighted by atomic mass is 16.6. The summed E-state index contributed by atoms with van der Waals surface area (Å²) in [7, 11) is 0. The monoisotopic (exact) mass is 809 g/mol. The van der Waals surface area contributed by atoms with E-state index < -0.39 is 6.10 Å². The van der Waals surface area contributed by atoms with Gasteiger partial charge in [-0.15, -0.1) is 0 Å². The second kappa shape index (κ2) is 46.5. The van der Waals surface area contributed by atoms with E-state index in [-0.39, 0.29) is 37.5 Å². The Hall–Kier alpha value is -3.15. The van der Waals surface area contributed by atoms with Gasteiger partial charge in [-0.25, -0.2) is 0 Å². The van der Waals surface area contributed by atoms with Crippen LogP contribution in [0.3, 0.4) is 0 Å². The molecule has 1 unspecified atom stereocenters. The fourth-order valence-electron chi connectivity index (χ4n) is 6.47. The number of hydrogen-bond acceptors (Lipinski definition) is 6. The zero-order valence-corrected chi connectivity index (χ0v) is 37.8. The summed E-state index contributed by atoms with van der Waals surface area (Å²) in [5.74, 6) is -0.987. The molecular weight excluding hydrogens is 721 g/mol. The summed E-state index contributed by atoms with van der Waals surface area (Å²) >= 11 is 0. The number of ether oxygens (including phenoxy) is 3. The van der Waals surface area contributed by atoms with Crippen molar-refractivity contribution in [3.05, 3.63) is 72.9 Å². The number of unbranched alkanes of at least 4 members (excludes halogenated alkanes) is 23. The van der Waals surface area contributed by atoms with Gasteiger partial charge in [-0.05, 0) is 57.8 Å².